The Morgan fingerprint density at radius 3 is 3.00 bits per heavy atom. The molecule has 1 aliphatic rings. The van der Waals surface area contributed by atoms with Gasteiger partial charge in [-0.3, -0.25) is 0 Å². The highest BCUT2D eigenvalue weighted by Gasteiger charge is 1.95. The number of allylic oxidation sites excluding steroid dienone is 6. The summed E-state index contributed by atoms with van der Waals surface area (Å²) in [5.41, 5.74) is 2.12. The Morgan fingerprint density at radius 2 is 2.36 bits per heavy atom. The molecule has 0 N–H and O–H groups in total. The number of hydrogen-bond donors (Lipinski definition) is 0. The van der Waals surface area contributed by atoms with Crippen LogP contribution in [0.4, 0.5) is 0 Å². The second kappa shape index (κ2) is 3.78. The van der Waals surface area contributed by atoms with E-state index >= 15 is 0 Å². The highest BCUT2D eigenvalue weighted by Crippen LogP contribution is 2.12. The van der Waals surface area contributed by atoms with Gasteiger partial charge in [-0.15, -0.1) is 0 Å². The Bertz CT molecular complexity index is 261. The van der Waals surface area contributed by atoms with Crippen molar-refractivity contribution in [2.45, 2.75) is 19.8 Å². The van der Waals surface area contributed by atoms with E-state index in [0.29, 0.717) is 0 Å². The van der Waals surface area contributed by atoms with Gasteiger partial charge in [0, 0.05) is 12.0 Å². The van der Waals surface area contributed by atoms with Crippen LogP contribution >= 0.6 is 0 Å². The minimum atomic E-state index is 0.774. The Hall–Kier alpha value is -1.29. The quantitative estimate of drug-likeness (QED) is 0.556. The van der Waals surface area contributed by atoms with Crippen LogP contribution in [0.3, 0.4) is 0 Å². The molecule has 56 valence electrons. The molecule has 0 radical (unpaired) electrons. The van der Waals surface area contributed by atoms with Crippen molar-refractivity contribution in [2.75, 3.05) is 0 Å². The molecule has 0 atom stereocenters. The summed E-state index contributed by atoms with van der Waals surface area (Å²) in [4.78, 5) is 0. The summed E-state index contributed by atoms with van der Waals surface area (Å²) in [6.07, 6.45) is 9.85. The summed E-state index contributed by atoms with van der Waals surface area (Å²) in [6, 6.07) is 2.15. The second-order valence-corrected chi connectivity index (χ2v) is 2.51. The van der Waals surface area contributed by atoms with Crippen LogP contribution in [0.15, 0.2) is 35.5 Å². The van der Waals surface area contributed by atoms with Gasteiger partial charge in [-0.1, -0.05) is 25.2 Å². The molecule has 1 heteroatoms. The van der Waals surface area contributed by atoms with Crippen LogP contribution < -0.4 is 0 Å². The lowest BCUT2D eigenvalue weighted by Crippen LogP contribution is -1.70. The molecule has 0 fully saturated rings. The van der Waals surface area contributed by atoms with Gasteiger partial charge in [0.2, 0.25) is 0 Å². The van der Waals surface area contributed by atoms with E-state index in [4.69, 9.17) is 5.26 Å². The molecule has 0 amide bonds. The van der Waals surface area contributed by atoms with Crippen LogP contribution in [0.2, 0.25) is 0 Å². The molecule has 1 rings (SSSR count). The first-order valence-electron chi connectivity index (χ1n) is 3.83. The Morgan fingerprint density at radius 1 is 1.55 bits per heavy atom. The van der Waals surface area contributed by atoms with Crippen LogP contribution in [-0.4, -0.2) is 0 Å². The SMILES string of the molecule is CCC1=CC=C(C#N)CC=C1. The van der Waals surface area contributed by atoms with E-state index in [9.17, 15) is 0 Å². The van der Waals surface area contributed by atoms with E-state index in [1.54, 1.807) is 0 Å². The van der Waals surface area contributed by atoms with Crippen LogP contribution in [0.5, 0.6) is 0 Å². The smallest absolute Gasteiger partial charge is 0.0950 e. The van der Waals surface area contributed by atoms with Crippen molar-refractivity contribution in [3.05, 3.63) is 35.5 Å². The zero-order valence-electron chi connectivity index (χ0n) is 6.67. The summed E-state index contributed by atoms with van der Waals surface area (Å²) in [7, 11) is 0. The summed E-state index contributed by atoms with van der Waals surface area (Å²) in [6.45, 7) is 2.11. The zero-order valence-corrected chi connectivity index (χ0v) is 6.67. The monoisotopic (exact) mass is 145 g/mol. The second-order valence-electron chi connectivity index (χ2n) is 2.51. The van der Waals surface area contributed by atoms with Gasteiger partial charge < -0.3 is 0 Å². The molecule has 0 unspecified atom stereocenters. The maximum absolute atomic E-state index is 8.59. The Kier molecular flexibility index (Phi) is 2.68. The zero-order chi connectivity index (χ0) is 8.10. The molecule has 0 bridgehead atoms. The first kappa shape index (κ1) is 7.81. The number of nitrogens with zero attached hydrogens (tertiary/aromatic N) is 1. The molecule has 0 spiro atoms. The van der Waals surface area contributed by atoms with Crippen molar-refractivity contribution in [3.8, 4) is 6.07 Å². The fourth-order valence-corrected chi connectivity index (χ4v) is 0.987. The third-order valence-corrected chi connectivity index (χ3v) is 1.72. The van der Waals surface area contributed by atoms with Crippen LogP contribution in [0, 0.1) is 11.3 Å². The fraction of sp³-hybridized carbons (Fsp3) is 0.300. The molecule has 1 aliphatic carbocycles. The van der Waals surface area contributed by atoms with Gasteiger partial charge in [0.1, 0.15) is 0 Å². The third-order valence-electron chi connectivity index (χ3n) is 1.72. The number of hydrogen-bond acceptors (Lipinski definition) is 1. The van der Waals surface area contributed by atoms with Gasteiger partial charge in [-0.2, -0.15) is 5.26 Å². The Balaban J connectivity index is 2.82. The lowest BCUT2D eigenvalue weighted by Gasteiger charge is -1.89. The minimum Gasteiger partial charge on any atom is -0.193 e. The highest BCUT2D eigenvalue weighted by atomic mass is 14.2. The molecular formula is C10H11N. The molecule has 0 saturated heterocycles. The molecule has 0 aromatic rings. The summed E-state index contributed by atoms with van der Waals surface area (Å²) >= 11 is 0. The van der Waals surface area contributed by atoms with E-state index < -0.39 is 0 Å². The first-order chi connectivity index (χ1) is 5.36. The van der Waals surface area contributed by atoms with Crippen LogP contribution in [-0.2, 0) is 0 Å². The van der Waals surface area contributed by atoms with E-state index in [1.165, 1.54) is 5.57 Å². The average Bonchev–Trinajstić information content (AvgIpc) is 2.28. The molecule has 0 aliphatic heterocycles. The van der Waals surface area contributed by atoms with Crippen LogP contribution in [0.1, 0.15) is 19.8 Å². The number of rotatable bonds is 1. The third kappa shape index (κ3) is 2.09. The highest BCUT2D eigenvalue weighted by molar-refractivity contribution is 5.36. The standard InChI is InChI=1S/C10H11N/c1-2-9-4-3-5-10(8-11)7-6-9/h3-4,6-7H,2,5H2,1H3. The lowest BCUT2D eigenvalue weighted by molar-refractivity contribution is 1.15. The molecule has 0 aromatic heterocycles. The van der Waals surface area contributed by atoms with E-state index in [0.717, 1.165) is 18.4 Å². The van der Waals surface area contributed by atoms with Gasteiger partial charge in [0.05, 0.1) is 6.07 Å². The fourth-order valence-electron chi connectivity index (χ4n) is 0.987. The average molecular weight is 145 g/mol. The van der Waals surface area contributed by atoms with E-state index in [1.807, 2.05) is 18.2 Å². The van der Waals surface area contributed by atoms with Crippen molar-refractivity contribution >= 4 is 0 Å². The predicted molar refractivity (Wildman–Crippen MR) is 45.8 cm³/mol. The van der Waals surface area contributed by atoms with Gasteiger partial charge in [-0.05, 0) is 18.1 Å². The summed E-state index contributed by atoms with van der Waals surface area (Å²) in [5.74, 6) is 0. The van der Waals surface area contributed by atoms with Crippen molar-refractivity contribution in [1.29, 1.82) is 5.26 Å². The molecule has 1 nitrogen and oxygen atoms in total. The lowest BCUT2D eigenvalue weighted by atomic mass is 10.2. The van der Waals surface area contributed by atoms with Crippen molar-refractivity contribution in [1.82, 2.24) is 0 Å². The minimum absolute atomic E-state index is 0.774. The van der Waals surface area contributed by atoms with Crippen molar-refractivity contribution in [3.63, 3.8) is 0 Å². The van der Waals surface area contributed by atoms with Crippen LogP contribution in [0.25, 0.3) is 0 Å². The molecule has 0 saturated carbocycles. The number of nitriles is 1. The molecule has 0 heterocycles. The van der Waals surface area contributed by atoms with Gasteiger partial charge in [0.15, 0.2) is 0 Å². The van der Waals surface area contributed by atoms with Gasteiger partial charge in [0.25, 0.3) is 0 Å². The maximum atomic E-state index is 8.59. The van der Waals surface area contributed by atoms with Gasteiger partial charge in [-0.25, -0.2) is 0 Å². The largest absolute Gasteiger partial charge is 0.193 e. The summed E-state index contributed by atoms with van der Waals surface area (Å²) < 4.78 is 0. The molecule has 0 aromatic carbocycles. The molecule has 11 heavy (non-hydrogen) atoms. The summed E-state index contributed by atoms with van der Waals surface area (Å²) in [5, 5.41) is 8.59. The Labute approximate surface area is 67.3 Å². The van der Waals surface area contributed by atoms with E-state index in [-0.39, 0.29) is 0 Å². The van der Waals surface area contributed by atoms with Gasteiger partial charge >= 0.3 is 0 Å². The van der Waals surface area contributed by atoms with E-state index in [2.05, 4.69) is 19.1 Å². The van der Waals surface area contributed by atoms with Crippen molar-refractivity contribution in [2.24, 2.45) is 0 Å². The first-order valence-corrected chi connectivity index (χ1v) is 3.83. The molecular weight excluding hydrogens is 134 g/mol. The van der Waals surface area contributed by atoms with Crippen molar-refractivity contribution < 1.29 is 0 Å². The maximum Gasteiger partial charge on any atom is 0.0950 e. The normalized spacial score (nSPS) is 16.4. The topological polar surface area (TPSA) is 23.8 Å². The predicted octanol–water partition coefficient (Wildman–Crippen LogP) is 2.73.